The van der Waals surface area contributed by atoms with Gasteiger partial charge in [-0.2, -0.15) is 0 Å². The maximum atomic E-state index is 14.1. The molecule has 0 radical (unpaired) electrons. The number of carbonyl (C=O) groups excluding carboxylic acids is 2. The Morgan fingerprint density at radius 2 is 1.68 bits per heavy atom. The van der Waals surface area contributed by atoms with Crippen molar-refractivity contribution in [3.05, 3.63) is 40.2 Å². The van der Waals surface area contributed by atoms with Crippen LogP contribution in [-0.2, 0) is 19.1 Å². The number of carboxylic acids is 1. The molecule has 3 N–H and O–H groups in total. The van der Waals surface area contributed by atoms with Gasteiger partial charge in [0.15, 0.2) is 5.78 Å². The molecule has 1 heterocycles. The lowest BCUT2D eigenvalue weighted by molar-refractivity contribution is -0.235. The molecule has 53 heavy (non-hydrogen) atoms. The highest BCUT2D eigenvalue weighted by Crippen LogP contribution is 2.77. The van der Waals surface area contributed by atoms with Crippen molar-refractivity contribution < 1.29 is 29.3 Å². The van der Waals surface area contributed by atoms with Crippen molar-refractivity contribution in [2.24, 2.45) is 56.2 Å². The Hall–Kier alpha value is -2.29. The molecule has 0 spiro atoms. The molecule has 5 aliphatic carbocycles. The van der Waals surface area contributed by atoms with E-state index in [1.807, 2.05) is 19.1 Å². The smallest absolute Gasteiger partial charge is 0.309 e. The van der Waals surface area contributed by atoms with Crippen LogP contribution in [0.3, 0.4) is 0 Å². The molecule has 10 atom stereocenters. The Morgan fingerprint density at radius 1 is 0.981 bits per heavy atom. The number of nitrogens with zero attached hydrogens (tertiary/aromatic N) is 1. The summed E-state index contributed by atoms with van der Waals surface area (Å²) in [6.07, 6.45) is 8.65. The normalized spacial score (nSPS) is 37.6. The molecule has 1 aromatic rings. The van der Waals surface area contributed by atoms with Gasteiger partial charge in [0, 0.05) is 36.0 Å². The number of aromatic nitrogens is 1. The van der Waals surface area contributed by atoms with Crippen LogP contribution in [0.15, 0.2) is 29.5 Å². The van der Waals surface area contributed by atoms with E-state index in [0.29, 0.717) is 29.8 Å². The first-order valence-electron chi connectivity index (χ1n) is 20.3. The fourth-order valence-corrected chi connectivity index (χ4v) is 13.3. The summed E-state index contributed by atoms with van der Waals surface area (Å²) in [4.78, 5) is 43.4. The summed E-state index contributed by atoms with van der Waals surface area (Å²) in [6.45, 7) is 22.0. The second-order valence-electron chi connectivity index (χ2n) is 20.1. The van der Waals surface area contributed by atoms with Crippen molar-refractivity contribution in [3.8, 4) is 0 Å². The van der Waals surface area contributed by atoms with Gasteiger partial charge in [-0.25, -0.2) is 0 Å². The lowest BCUT2D eigenvalue weighted by Gasteiger charge is -2.72. The van der Waals surface area contributed by atoms with Crippen molar-refractivity contribution >= 4 is 29.3 Å². The molecule has 1 unspecified atom stereocenters. The molecule has 6 rings (SSSR count). The Labute approximate surface area is 322 Å². The SMILES string of the molecule is CC(C)C1=C2[C@H]3CC[C@H]4C(C)(CC[C@H]5C(C)(C)[C@@H](OC(=O)CC(C)(C)C(=O)O)CC[C@@]54C)[C@]3(C)CC[C@@]2([C@@H](O)CN[C@H](C)c2ccc(Cl)cn2)CC1=O. The van der Waals surface area contributed by atoms with Crippen LogP contribution in [0, 0.1) is 56.2 Å². The quantitative estimate of drug-likeness (QED) is 0.202. The number of aliphatic hydroxyl groups is 1. The second kappa shape index (κ2) is 13.7. The number of esters is 1. The van der Waals surface area contributed by atoms with Crippen molar-refractivity contribution in [3.63, 3.8) is 0 Å². The summed E-state index contributed by atoms with van der Waals surface area (Å²) in [6, 6.07) is 3.67. The number of rotatable bonds is 10. The molecule has 0 bridgehead atoms. The third kappa shape index (κ3) is 6.33. The fraction of sp³-hybridized carbons (Fsp3) is 0.773. The monoisotopic (exact) mass is 752 g/mol. The Balaban J connectivity index is 1.26. The molecule has 1 aromatic heterocycles. The lowest BCUT2D eigenvalue weighted by Crippen LogP contribution is -2.66. The average molecular weight is 753 g/mol. The van der Waals surface area contributed by atoms with Gasteiger partial charge in [0.25, 0.3) is 0 Å². The van der Waals surface area contributed by atoms with Gasteiger partial charge in [-0.15, -0.1) is 0 Å². The first-order valence-corrected chi connectivity index (χ1v) is 20.7. The Kier molecular flexibility index (Phi) is 10.5. The van der Waals surface area contributed by atoms with Crippen molar-refractivity contribution in [1.29, 1.82) is 0 Å². The van der Waals surface area contributed by atoms with Gasteiger partial charge < -0.3 is 20.3 Å². The van der Waals surface area contributed by atoms with Gasteiger partial charge >= 0.3 is 11.9 Å². The minimum Gasteiger partial charge on any atom is -0.481 e. The molecule has 4 saturated carbocycles. The number of ether oxygens (including phenoxy) is 1. The molecule has 4 fully saturated rings. The number of allylic oxidation sites excluding steroid dienone is 1. The molecular weight excluding hydrogens is 688 g/mol. The number of hydrogen-bond acceptors (Lipinski definition) is 7. The lowest BCUT2D eigenvalue weighted by atomic mass is 9.33. The number of ketones is 1. The molecule has 0 aliphatic heterocycles. The van der Waals surface area contributed by atoms with E-state index in [1.165, 1.54) is 5.57 Å². The third-order valence-electron chi connectivity index (χ3n) is 16.3. The maximum Gasteiger partial charge on any atom is 0.309 e. The van der Waals surface area contributed by atoms with Crippen LogP contribution >= 0.6 is 11.6 Å². The van der Waals surface area contributed by atoms with Crippen LogP contribution in [0.4, 0.5) is 0 Å². The van der Waals surface area contributed by atoms with Crippen LogP contribution in [0.25, 0.3) is 0 Å². The Bertz CT molecular complexity index is 1650. The van der Waals surface area contributed by atoms with E-state index < -0.39 is 28.9 Å². The summed E-state index contributed by atoms with van der Waals surface area (Å²) < 4.78 is 6.17. The van der Waals surface area contributed by atoms with Crippen LogP contribution in [-0.4, -0.2) is 51.7 Å². The number of Topliss-reactive ketones (excluding diaryl/α,β-unsaturated/α-hetero) is 1. The van der Waals surface area contributed by atoms with E-state index in [1.54, 1.807) is 20.0 Å². The first kappa shape index (κ1) is 40.4. The molecule has 5 aliphatic rings. The van der Waals surface area contributed by atoms with E-state index in [4.69, 9.17) is 16.3 Å². The van der Waals surface area contributed by atoms with Gasteiger partial charge in [0.05, 0.1) is 28.7 Å². The van der Waals surface area contributed by atoms with Gasteiger partial charge in [-0.3, -0.25) is 19.4 Å². The van der Waals surface area contributed by atoms with E-state index in [-0.39, 0.29) is 57.8 Å². The summed E-state index contributed by atoms with van der Waals surface area (Å²) >= 11 is 6.09. The number of aliphatic hydroxyl groups excluding tert-OH is 1. The van der Waals surface area contributed by atoms with Crippen molar-refractivity contribution in [2.75, 3.05) is 6.54 Å². The number of pyridine rings is 1. The predicted octanol–water partition coefficient (Wildman–Crippen LogP) is 9.14. The number of halogens is 1. The number of carbonyl (C=O) groups is 3. The highest BCUT2D eigenvalue weighted by Gasteiger charge is 2.70. The maximum absolute atomic E-state index is 14.1. The molecule has 294 valence electrons. The zero-order valence-electron chi connectivity index (χ0n) is 33.9. The van der Waals surface area contributed by atoms with Gasteiger partial charge in [-0.05, 0) is 130 Å². The number of fused-ring (bicyclic) bond motifs is 7. The van der Waals surface area contributed by atoms with E-state index in [0.717, 1.165) is 62.6 Å². The zero-order valence-corrected chi connectivity index (χ0v) is 34.7. The molecule has 0 saturated heterocycles. The topological polar surface area (TPSA) is 126 Å². The second-order valence-corrected chi connectivity index (χ2v) is 20.5. The molecule has 8 nitrogen and oxygen atoms in total. The number of aliphatic carboxylic acids is 1. The van der Waals surface area contributed by atoms with E-state index in [2.05, 4.69) is 58.8 Å². The van der Waals surface area contributed by atoms with Gasteiger partial charge in [0.2, 0.25) is 0 Å². The summed E-state index contributed by atoms with van der Waals surface area (Å²) in [7, 11) is 0. The van der Waals surface area contributed by atoms with Gasteiger partial charge in [-0.1, -0.05) is 65.6 Å². The number of hydrogen-bond donors (Lipinski definition) is 3. The minimum atomic E-state index is -1.17. The van der Waals surface area contributed by atoms with E-state index in [9.17, 15) is 24.6 Å². The van der Waals surface area contributed by atoms with E-state index >= 15 is 0 Å². The number of carboxylic acid groups (broad SMARTS) is 1. The summed E-state index contributed by atoms with van der Waals surface area (Å²) in [5.74, 6) is -0.0389. The fourth-order valence-electron chi connectivity index (χ4n) is 13.1. The predicted molar refractivity (Wildman–Crippen MR) is 207 cm³/mol. The molecular formula is C44H65ClN2O6. The minimum absolute atomic E-state index is 0.0307. The average Bonchev–Trinajstić information content (AvgIpc) is 3.38. The van der Waals surface area contributed by atoms with Crippen LogP contribution in [0.2, 0.25) is 5.02 Å². The highest BCUT2D eigenvalue weighted by molar-refractivity contribution is 6.30. The van der Waals surface area contributed by atoms with Gasteiger partial charge in [0.1, 0.15) is 6.10 Å². The summed E-state index contributed by atoms with van der Waals surface area (Å²) in [5, 5.41) is 26.0. The molecule has 0 amide bonds. The number of nitrogens with one attached hydrogen (secondary N) is 1. The van der Waals surface area contributed by atoms with Crippen LogP contribution in [0.1, 0.15) is 145 Å². The summed E-state index contributed by atoms with van der Waals surface area (Å²) in [5.41, 5.74) is 1.18. The van der Waals surface area contributed by atoms with Crippen LogP contribution in [0.5, 0.6) is 0 Å². The highest BCUT2D eigenvalue weighted by atomic mass is 35.5. The standard InChI is InChI=1S/C44H65ClN2O6/c1-25(2)36-30(48)21-44(33(49)24-46-26(3)29-13-11-27(45)23-47-29)20-19-42(9)28(37(36)44)12-14-32-41(8)17-16-34(53-35(50)22-39(4,5)38(51)52)40(6,7)31(41)15-18-43(32,42)10/h11,13,23,25-26,28,31-34,46,49H,12,14-22,24H2,1-10H3,(H,51,52)/t26-,28-,31+,32-,33+,34+,41+,42-,43?,44+/m1/s1. The first-order chi connectivity index (χ1) is 24.5. The van der Waals surface area contributed by atoms with Crippen molar-refractivity contribution in [2.45, 2.75) is 152 Å². The zero-order chi connectivity index (χ0) is 39.1. The molecule has 0 aromatic carbocycles. The Morgan fingerprint density at radius 3 is 2.30 bits per heavy atom. The molecule has 9 heteroatoms. The van der Waals surface area contributed by atoms with Crippen LogP contribution < -0.4 is 5.32 Å². The third-order valence-corrected chi connectivity index (χ3v) is 16.5. The van der Waals surface area contributed by atoms with Crippen molar-refractivity contribution in [1.82, 2.24) is 10.3 Å². The largest absolute Gasteiger partial charge is 0.481 e.